The first-order valence-electron chi connectivity index (χ1n) is 5.24. The smallest absolute Gasteiger partial charge is 0.176 e. The molecule has 3 rings (SSSR count). The van der Waals surface area contributed by atoms with Crippen LogP contribution in [0.25, 0.3) is 5.52 Å². The van der Waals surface area contributed by atoms with E-state index in [1.165, 1.54) is 12.8 Å². The molecule has 0 aromatic carbocycles. The Morgan fingerprint density at radius 2 is 2.27 bits per heavy atom. The van der Waals surface area contributed by atoms with Gasteiger partial charge >= 0.3 is 0 Å². The van der Waals surface area contributed by atoms with Gasteiger partial charge in [-0.1, -0.05) is 6.07 Å². The summed E-state index contributed by atoms with van der Waals surface area (Å²) in [7, 11) is 0. The second-order valence-corrected chi connectivity index (χ2v) is 4.12. The van der Waals surface area contributed by atoms with Gasteiger partial charge in [-0.25, -0.2) is 4.98 Å². The molecule has 1 saturated carbocycles. The van der Waals surface area contributed by atoms with E-state index in [1.807, 2.05) is 28.8 Å². The van der Waals surface area contributed by atoms with Crippen molar-refractivity contribution in [2.75, 3.05) is 0 Å². The van der Waals surface area contributed by atoms with E-state index in [4.69, 9.17) is 0 Å². The summed E-state index contributed by atoms with van der Waals surface area (Å²) in [6.45, 7) is 1.60. The van der Waals surface area contributed by atoms with E-state index in [0.29, 0.717) is 5.92 Å². The van der Waals surface area contributed by atoms with Crippen LogP contribution >= 0.6 is 0 Å². The van der Waals surface area contributed by atoms with Gasteiger partial charge in [0.05, 0.1) is 17.4 Å². The molecule has 1 aliphatic rings. The Balaban J connectivity index is 2.33. The van der Waals surface area contributed by atoms with Crippen LogP contribution in [0.3, 0.4) is 0 Å². The lowest BCUT2D eigenvalue weighted by Gasteiger charge is -2.04. The topological polar surface area (TPSA) is 34.4 Å². The van der Waals surface area contributed by atoms with Crippen molar-refractivity contribution < 1.29 is 4.79 Å². The Bertz CT molecular complexity index is 538. The lowest BCUT2D eigenvalue weighted by molar-refractivity contribution is 0.101. The van der Waals surface area contributed by atoms with Crippen LogP contribution in [0, 0.1) is 0 Å². The standard InChI is InChI=1S/C12H12N2O/c1-8(15)11-4-2-3-10-7-13-12(14(10)11)9-5-6-9/h2-4,7,9H,5-6H2,1H3. The van der Waals surface area contributed by atoms with Crippen LogP contribution in [-0.2, 0) is 0 Å². The highest BCUT2D eigenvalue weighted by molar-refractivity contribution is 5.93. The van der Waals surface area contributed by atoms with E-state index in [2.05, 4.69) is 4.98 Å². The zero-order valence-electron chi connectivity index (χ0n) is 8.60. The highest BCUT2D eigenvalue weighted by atomic mass is 16.1. The van der Waals surface area contributed by atoms with E-state index >= 15 is 0 Å². The monoisotopic (exact) mass is 200 g/mol. The van der Waals surface area contributed by atoms with Gasteiger partial charge in [-0.05, 0) is 25.0 Å². The normalized spacial score (nSPS) is 15.8. The van der Waals surface area contributed by atoms with E-state index in [-0.39, 0.29) is 5.78 Å². The number of carbonyl (C=O) groups excluding carboxylic acids is 1. The highest BCUT2D eigenvalue weighted by Crippen LogP contribution is 2.39. The summed E-state index contributed by atoms with van der Waals surface area (Å²) in [4.78, 5) is 15.9. The van der Waals surface area contributed by atoms with E-state index < -0.39 is 0 Å². The molecule has 2 aromatic heterocycles. The molecule has 0 saturated heterocycles. The van der Waals surface area contributed by atoms with E-state index in [1.54, 1.807) is 6.92 Å². The average molecular weight is 200 g/mol. The summed E-state index contributed by atoms with van der Waals surface area (Å²) in [6.07, 6.45) is 4.25. The van der Waals surface area contributed by atoms with Crippen molar-refractivity contribution >= 4 is 11.3 Å². The summed E-state index contributed by atoms with van der Waals surface area (Å²) in [5.74, 6) is 1.71. The molecule has 0 bridgehead atoms. The van der Waals surface area contributed by atoms with Gasteiger partial charge in [-0.3, -0.25) is 9.20 Å². The van der Waals surface area contributed by atoms with Crippen molar-refractivity contribution in [1.82, 2.24) is 9.38 Å². The zero-order valence-corrected chi connectivity index (χ0v) is 8.60. The molecule has 1 fully saturated rings. The lowest BCUT2D eigenvalue weighted by Crippen LogP contribution is -2.04. The molecule has 76 valence electrons. The first-order valence-corrected chi connectivity index (χ1v) is 5.24. The predicted octanol–water partition coefficient (Wildman–Crippen LogP) is 2.41. The fraction of sp³-hybridized carbons (Fsp3) is 0.333. The van der Waals surface area contributed by atoms with Crippen LogP contribution in [0.5, 0.6) is 0 Å². The second-order valence-electron chi connectivity index (χ2n) is 4.12. The Morgan fingerprint density at radius 1 is 1.47 bits per heavy atom. The molecular weight excluding hydrogens is 188 g/mol. The third kappa shape index (κ3) is 1.27. The van der Waals surface area contributed by atoms with Gasteiger partial charge in [-0.2, -0.15) is 0 Å². The van der Waals surface area contributed by atoms with Crippen LogP contribution in [0.4, 0.5) is 0 Å². The van der Waals surface area contributed by atoms with Crippen molar-refractivity contribution in [1.29, 1.82) is 0 Å². The minimum Gasteiger partial charge on any atom is -0.293 e. The summed E-state index contributed by atoms with van der Waals surface area (Å²) < 4.78 is 2.00. The number of pyridine rings is 1. The maximum Gasteiger partial charge on any atom is 0.176 e. The summed E-state index contributed by atoms with van der Waals surface area (Å²) in [5, 5.41) is 0. The minimum atomic E-state index is 0.0977. The van der Waals surface area contributed by atoms with E-state index in [0.717, 1.165) is 17.0 Å². The van der Waals surface area contributed by atoms with Crippen molar-refractivity contribution in [3.8, 4) is 0 Å². The molecule has 0 aliphatic heterocycles. The number of hydrogen-bond donors (Lipinski definition) is 0. The van der Waals surface area contributed by atoms with Crippen LogP contribution in [0.2, 0.25) is 0 Å². The maximum atomic E-state index is 11.5. The molecule has 0 amide bonds. The molecule has 2 heterocycles. The lowest BCUT2D eigenvalue weighted by atomic mass is 10.2. The number of imidazole rings is 1. The van der Waals surface area contributed by atoms with Crippen molar-refractivity contribution in [3.63, 3.8) is 0 Å². The largest absolute Gasteiger partial charge is 0.293 e. The third-order valence-corrected chi connectivity index (χ3v) is 2.88. The average Bonchev–Trinajstić information content (AvgIpc) is 2.97. The molecule has 0 spiro atoms. The first-order chi connectivity index (χ1) is 7.27. The van der Waals surface area contributed by atoms with Crippen molar-refractivity contribution in [2.45, 2.75) is 25.7 Å². The Morgan fingerprint density at radius 3 is 2.93 bits per heavy atom. The summed E-state index contributed by atoms with van der Waals surface area (Å²) >= 11 is 0. The molecule has 15 heavy (non-hydrogen) atoms. The van der Waals surface area contributed by atoms with Gasteiger partial charge < -0.3 is 0 Å². The quantitative estimate of drug-likeness (QED) is 0.698. The number of aromatic nitrogens is 2. The number of rotatable bonds is 2. The zero-order chi connectivity index (χ0) is 10.4. The van der Waals surface area contributed by atoms with Crippen LogP contribution in [0.15, 0.2) is 24.4 Å². The number of nitrogens with zero attached hydrogens (tertiary/aromatic N) is 2. The predicted molar refractivity (Wildman–Crippen MR) is 57.2 cm³/mol. The number of ketones is 1. The van der Waals surface area contributed by atoms with Crippen molar-refractivity contribution in [2.24, 2.45) is 0 Å². The summed E-state index contributed by atoms with van der Waals surface area (Å²) in [5.41, 5.74) is 1.76. The number of hydrogen-bond acceptors (Lipinski definition) is 2. The fourth-order valence-corrected chi connectivity index (χ4v) is 1.98. The second kappa shape index (κ2) is 2.92. The van der Waals surface area contributed by atoms with Gasteiger partial charge in [0.15, 0.2) is 5.78 Å². The maximum absolute atomic E-state index is 11.5. The number of carbonyl (C=O) groups is 1. The van der Waals surface area contributed by atoms with Gasteiger partial charge in [0.25, 0.3) is 0 Å². The Hall–Kier alpha value is -1.64. The molecule has 0 atom stereocenters. The van der Waals surface area contributed by atoms with Gasteiger partial charge in [-0.15, -0.1) is 0 Å². The minimum absolute atomic E-state index is 0.0977. The Kier molecular flexibility index (Phi) is 1.69. The molecule has 3 nitrogen and oxygen atoms in total. The third-order valence-electron chi connectivity index (χ3n) is 2.88. The molecular formula is C12H12N2O. The molecule has 0 N–H and O–H groups in total. The molecule has 3 heteroatoms. The molecule has 2 aromatic rings. The SMILES string of the molecule is CC(=O)c1cccc2cnc(C3CC3)n12. The Labute approximate surface area is 87.7 Å². The first kappa shape index (κ1) is 8.65. The van der Waals surface area contributed by atoms with Gasteiger partial charge in [0.1, 0.15) is 5.82 Å². The molecule has 0 unspecified atom stereocenters. The van der Waals surface area contributed by atoms with Crippen LogP contribution in [0.1, 0.15) is 42.0 Å². The summed E-state index contributed by atoms with van der Waals surface area (Å²) in [6, 6.07) is 5.76. The van der Waals surface area contributed by atoms with Gasteiger partial charge in [0, 0.05) is 12.8 Å². The number of Topliss-reactive ketones (excluding diaryl/α,β-unsaturated/α-hetero) is 1. The molecule has 1 aliphatic carbocycles. The van der Waals surface area contributed by atoms with Crippen molar-refractivity contribution in [3.05, 3.63) is 35.9 Å². The van der Waals surface area contributed by atoms with Crippen LogP contribution in [-0.4, -0.2) is 15.2 Å². The molecule has 0 radical (unpaired) electrons. The van der Waals surface area contributed by atoms with Gasteiger partial charge in [0.2, 0.25) is 0 Å². The highest BCUT2D eigenvalue weighted by Gasteiger charge is 2.28. The van der Waals surface area contributed by atoms with Crippen LogP contribution < -0.4 is 0 Å². The fourth-order valence-electron chi connectivity index (χ4n) is 1.98. The van der Waals surface area contributed by atoms with E-state index in [9.17, 15) is 4.79 Å². The number of fused-ring (bicyclic) bond motifs is 1.